The SMILES string of the molecule is CC(C)(C)OC(=O)N1CCN(c2c(C#N)c(OS(C)(=O)=O)nc3c2CCN(Cc2ccccc2)C3)CC1. The van der Waals surface area contributed by atoms with Gasteiger partial charge in [0.2, 0.25) is 0 Å². The van der Waals surface area contributed by atoms with Crippen LogP contribution in [0.4, 0.5) is 10.5 Å². The Morgan fingerprint density at radius 3 is 2.38 bits per heavy atom. The summed E-state index contributed by atoms with van der Waals surface area (Å²) in [5, 5.41) is 10.1. The Labute approximate surface area is 218 Å². The van der Waals surface area contributed by atoms with Crippen LogP contribution in [0.1, 0.15) is 43.2 Å². The number of pyridine rings is 1. The number of carbonyl (C=O) groups is 1. The Kier molecular flexibility index (Phi) is 7.62. The molecule has 4 rings (SSSR count). The van der Waals surface area contributed by atoms with Crippen molar-refractivity contribution in [2.45, 2.75) is 45.9 Å². The zero-order valence-corrected chi connectivity index (χ0v) is 22.5. The normalized spacial score (nSPS) is 16.6. The van der Waals surface area contributed by atoms with Crippen molar-refractivity contribution in [3.05, 3.63) is 52.7 Å². The van der Waals surface area contributed by atoms with Crippen LogP contribution in [0.5, 0.6) is 5.88 Å². The average Bonchev–Trinajstić information content (AvgIpc) is 2.82. The van der Waals surface area contributed by atoms with E-state index in [4.69, 9.17) is 8.92 Å². The maximum absolute atomic E-state index is 12.5. The number of amides is 1. The summed E-state index contributed by atoms with van der Waals surface area (Å²) in [5.74, 6) is -0.199. The molecule has 0 aliphatic carbocycles. The third-order valence-electron chi connectivity index (χ3n) is 6.21. The van der Waals surface area contributed by atoms with Crippen molar-refractivity contribution in [2.75, 3.05) is 43.9 Å². The van der Waals surface area contributed by atoms with Crippen molar-refractivity contribution in [2.24, 2.45) is 0 Å². The molecule has 10 nitrogen and oxygen atoms in total. The molecule has 2 aromatic rings. The number of benzene rings is 1. The third kappa shape index (κ3) is 6.70. The smallest absolute Gasteiger partial charge is 0.410 e. The van der Waals surface area contributed by atoms with Crippen molar-refractivity contribution >= 4 is 21.9 Å². The molecule has 2 aliphatic heterocycles. The number of ether oxygens (including phenoxy) is 1. The van der Waals surface area contributed by atoms with E-state index in [-0.39, 0.29) is 17.5 Å². The highest BCUT2D eigenvalue weighted by molar-refractivity contribution is 7.86. The Bertz CT molecular complexity index is 1290. The number of anilines is 1. The molecule has 0 atom stereocenters. The molecule has 0 unspecified atom stereocenters. The summed E-state index contributed by atoms with van der Waals surface area (Å²) in [7, 11) is -3.90. The van der Waals surface area contributed by atoms with Gasteiger partial charge in [-0.3, -0.25) is 4.90 Å². The summed E-state index contributed by atoms with van der Waals surface area (Å²) < 4.78 is 34.7. The Morgan fingerprint density at radius 1 is 1.11 bits per heavy atom. The van der Waals surface area contributed by atoms with Crippen molar-refractivity contribution < 1.29 is 22.1 Å². The largest absolute Gasteiger partial charge is 0.444 e. The van der Waals surface area contributed by atoms with Crippen LogP contribution in [0.2, 0.25) is 0 Å². The highest BCUT2D eigenvalue weighted by atomic mass is 32.2. The minimum absolute atomic E-state index is 0.103. The fraction of sp³-hybridized carbons (Fsp3) is 0.500. The number of rotatable bonds is 5. The van der Waals surface area contributed by atoms with Gasteiger partial charge in [0.25, 0.3) is 5.88 Å². The molecular formula is C26H33N5O5S. The van der Waals surface area contributed by atoms with Gasteiger partial charge in [-0.05, 0) is 32.8 Å². The van der Waals surface area contributed by atoms with Crippen LogP contribution in [-0.4, -0.2) is 73.9 Å². The van der Waals surface area contributed by atoms with E-state index in [0.717, 1.165) is 24.9 Å². The first-order valence-corrected chi connectivity index (χ1v) is 14.1. The molecule has 3 heterocycles. The average molecular weight is 528 g/mol. The fourth-order valence-corrected chi connectivity index (χ4v) is 5.07. The van der Waals surface area contributed by atoms with Gasteiger partial charge in [0.15, 0.2) is 0 Å². The van der Waals surface area contributed by atoms with E-state index in [1.54, 1.807) is 4.90 Å². The molecule has 1 saturated heterocycles. The molecule has 1 aromatic heterocycles. The number of aromatic nitrogens is 1. The topological polar surface area (TPSA) is 116 Å². The molecule has 1 amide bonds. The molecule has 1 aromatic carbocycles. The molecule has 2 aliphatic rings. The van der Waals surface area contributed by atoms with Gasteiger partial charge in [0.05, 0.1) is 17.6 Å². The number of carbonyl (C=O) groups excluding carboxylic acids is 1. The molecule has 11 heteroatoms. The van der Waals surface area contributed by atoms with Gasteiger partial charge in [-0.1, -0.05) is 30.3 Å². The van der Waals surface area contributed by atoms with Crippen molar-refractivity contribution in [1.82, 2.24) is 14.8 Å². The van der Waals surface area contributed by atoms with Crippen LogP contribution in [0.25, 0.3) is 0 Å². The first-order chi connectivity index (χ1) is 17.4. The Morgan fingerprint density at radius 2 is 1.78 bits per heavy atom. The number of nitriles is 1. The highest BCUT2D eigenvalue weighted by Gasteiger charge is 2.33. The molecule has 0 spiro atoms. The quantitative estimate of drug-likeness (QED) is 0.541. The summed E-state index contributed by atoms with van der Waals surface area (Å²) >= 11 is 0. The molecular weight excluding hydrogens is 494 g/mol. The molecule has 1 fully saturated rings. The summed E-state index contributed by atoms with van der Waals surface area (Å²) in [5.41, 5.74) is 2.96. The molecule has 37 heavy (non-hydrogen) atoms. The molecule has 0 bridgehead atoms. The van der Waals surface area contributed by atoms with Crippen LogP contribution >= 0.6 is 0 Å². The lowest BCUT2D eigenvalue weighted by atomic mass is 9.98. The van der Waals surface area contributed by atoms with Gasteiger partial charge in [0.1, 0.15) is 17.2 Å². The van der Waals surface area contributed by atoms with Gasteiger partial charge in [0, 0.05) is 51.4 Å². The van der Waals surface area contributed by atoms with Gasteiger partial charge in [-0.25, -0.2) is 9.78 Å². The maximum Gasteiger partial charge on any atom is 0.410 e. The van der Waals surface area contributed by atoms with Crippen LogP contribution in [0, 0.1) is 11.3 Å². The minimum atomic E-state index is -3.90. The number of fused-ring (bicyclic) bond motifs is 1. The fourth-order valence-electron chi connectivity index (χ4n) is 4.66. The zero-order valence-electron chi connectivity index (χ0n) is 21.7. The third-order valence-corrected chi connectivity index (χ3v) is 6.67. The highest BCUT2D eigenvalue weighted by Crippen LogP contribution is 2.37. The van der Waals surface area contributed by atoms with E-state index in [1.165, 1.54) is 5.56 Å². The van der Waals surface area contributed by atoms with E-state index in [9.17, 15) is 18.5 Å². The summed E-state index contributed by atoms with van der Waals surface area (Å²) in [4.78, 5) is 23.0. The van der Waals surface area contributed by atoms with E-state index < -0.39 is 15.7 Å². The number of piperazine rings is 1. The first kappa shape index (κ1) is 26.7. The summed E-state index contributed by atoms with van der Waals surface area (Å²) in [6.07, 6.45) is 1.23. The van der Waals surface area contributed by atoms with E-state index >= 15 is 0 Å². The van der Waals surface area contributed by atoms with E-state index in [2.05, 4.69) is 28.1 Å². The van der Waals surface area contributed by atoms with Gasteiger partial charge < -0.3 is 18.7 Å². The number of hydrogen-bond donors (Lipinski definition) is 0. The van der Waals surface area contributed by atoms with Crippen molar-refractivity contribution in [3.8, 4) is 11.9 Å². The van der Waals surface area contributed by atoms with E-state index in [1.807, 2.05) is 43.9 Å². The standard InChI is InChI=1S/C26H33N5O5S/c1-26(2,3)35-25(32)31-14-12-30(13-15-31)23-20-10-11-29(17-19-8-6-5-7-9-19)18-22(20)28-24(21(23)16-27)36-37(4,33)34/h5-9H,10-15,17-18H2,1-4H3. The lowest BCUT2D eigenvalue weighted by Gasteiger charge is -2.39. The van der Waals surface area contributed by atoms with Gasteiger partial charge >= 0.3 is 16.2 Å². The van der Waals surface area contributed by atoms with Crippen LogP contribution in [0.3, 0.4) is 0 Å². The number of nitrogens with zero attached hydrogens (tertiary/aromatic N) is 5. The van der Waals surface area contributed by atoms with Gasteiger partial charge in [-0.2, -0.15) is 13.7 Å². The van der Waals surface area contributed by atoms with E-state index in [0.29, 0.717) is 50.5 Å². The lowest BCUT2D eigenvalue weighted by Crippen LogP contribution is -2.50. The van der Waals surface area contributed by atoms with Crippen LogP contribution in [0.15, 0.2) is 30.3 Å². The Balaban J connectivity index is 1.64. The molecule has 0 N–H and O–H groups in total. The second-order valence-electron chi connectivity index (χ2n) is 10.4. The maximum atomic E-state index is 12.5. The summed E-state index contributed by atoms with van der Waals surface area (Å²) in [6.45, 7) is 9.25. The second kappa shape index (κ2) is 10.6. The molecule has 198 valence electrons. The predicted octanol–water partition coefficient (Wildman–Crippen LogP) is 2.91. The first-order valence-electron chi connectivity index (χ1n) is 12.3. The van der Waals surface area contributed by atoms with Crippen LogP contribution in [-0.2, 0) is 34.4 Å². The monoisotopic (exact) mass is 527 g/mol. The Hall–Kier alpha value is -3.36. The molecule has 0 radical (unpaired) electrons. The van der Waals surface area contributed by atoms with Crippen LogP contribution < -0.4 is 9.08 Å². The van der Waals surface area contributed by atoms with Gasteiger partial charge in [-0.15, -0.1) is 0 Å². The molecule has 0 saturated carbocycles. The summed E-state index contributed by atoms with van der Waals surface area (Å²) in [6, 6.07) is 12.2. The number of hydrogen-bond acceptors (Lipinski definition) is 9. The lowest BCUT2D eigenvalue weighted by molar-refractivity contribution is 0.0240. The predicted molar refractivity (Wildman–Crippen MR) is 139 cm³/mol. The minimum Gasteiger partial charge on any atom is -0.444 e. The second-order valence-corrected chi connectivity index (χ2v) is 11.9. The zero-order chi connectivity index (χ0) is 26.8. The van der Waals surface area contributed by atoms with Crippen molar-refractivity contribution in [3.63, 3.8) is 0 Å². The van der Waals surface area contributed by atoms with Crippen molar-refractivity contribution in [1.29, 1.82) is 5.26 Å².